The Morgan fingerprint density at radius 2 is 1.83 bits per heavy atom. The first kappa shape index (κ1) is 30.1. The van der Waals surface area contributed by atoms with Crippen LogP contribution in [-0.2, 0) is 9.59 Å². The molecule has 0 radical (unpaired) electrons. The van der Waals surface area contributed by atoms with E-state index in [0.29, 0.717) is 11.0 Å². The van der Waals surface area contributed by atoms with Crippen molar-refractivity contribution in [1.82, 2.24) is 25.6 Å². The van der Waals surface area contributed by atoms with Gasteiger partial charge in [0.25, 0.3) is 11.5 Å². The molecule has 0 aliphatic rings. The second-order valence-corrected chi connectivity index (χ2v) is 9.66. The molecule has 0 aliphatic heterocycles. The molecule has 222 valence electrons. The third kappa shape index (κ3) is 6.71. The van der Waals surface area contributed by atoms with Crippen molar-refractivity contribution in [3.05, 3.63) is 58.1 Å². The molecule has 1 unspecified atom stereocenters. The predicted molar refractivity (Wildman–Crippen MR) is 149 cm³/mol. The number of aromatic amines is 2. The van der Waals surface area contributed by atoms with Crippen LogP contribution in [0.5, 0.6) is 0 Å². The molecule has 0 fully saturated rings. The molecule has 2 aromatic heterocycles. The van der Waals surface area contributed by atoms with Crippen LogP contribution in [-0.4, -0.2) is 84.6 Å². The number of halogens is 1. The Kier molecular flexibility index (Phi) is 9.15. The molecule has 2 aromatic carbocycles. The van der Waals surface area contributed by atoms with Crippen LogP contribution in [0.1, 0.15) is 29.6 Å². The highest BCUT2D eigenvalue weighted by Crippen LogP contribution is 2.30. The standard InChI is InChI=1S/C27H29FN6O8/c28-15-2-1-3-17-21(15)23(29)22(26(40)34-17)24-32-16-5-4-12(8-18(16)33-24)25(39)30-7-6-13(36)9-14(37)10-20(38)31-19(11-35)27(41)42/h1-5,8,13-14,19,35-37H,6-7,9-11H2,(H,30,39)(H,31,38)(H,32,33)(H,41,42)(H3,29,34,40)/t13-,14-,19?/m1/s1. The molecule has 3 atom stereocenters. The SMILES string of the molecule is Nc1c(-c2nc3ccc(C(=O)NCC[C@@H](O)C[C@@H](O)CC(=O)NC(CO)C(=O)O)cc3[nH]2)c(=O)[nH]c2cccc(F)c12. The Hall–Kier alpha value is -4.86. The van der Waals surface area contributed by atoms with E-state index in [1.807, 2.05) is 0 Å². The fourth-order valence-corrected chi connectivity index (χ4v) is 4.46. The number of fused-ring (bicyclic) bond motifs is 2. The quantitative estimate of drug-likeness (QED) is 0.108. The fourth-order valence-electron chi connectivity index (χ4n) is 4.46. The first-order valence-electron chi connectivity index (χ1n) is 12.9. The number of anilines is 1. The highest BCUT2D eigenvalue weighted by Gasteiger charge is 2.22. The lowest BCUT2D eigenvalue weighted by molar-refractivity contribution is -0.143. The van der Waals surface area contributed by atoms with E-state index in [1.54, 1.807) is 6.07 Å². The van der Waals surface area contributed by atoms with Crippen LogP contribution in [0.2, 0.25) is 0 Å². The van der Waals surface area contributed by atoms with E-state index in [4.69, 9.17) is 15.9 Å². The number of carboxylic acid groups (broad SMARTS) is 1. The molecule has 2 amide bonds. The number of nitrogens with two attached hydrogens (primary N) is 1. The summed E-state index contributed by atoms with van der Waals surface area (Å²) in [7, 11) is 0. The number of rotatable bonds is 12. The summed E-state index contributed by atoms with van der Waals surface area (Å²) in [6.07, 6.45) is -2.99. The number of amides is 2. The van der Waals surface area contributed by atoms with Gasteiger partial charge >= 0.3 is 5.97 Å². The van der Waals surface area contributed by atoms with E-state index in [0.717, 1.165) is 0 Å². The Labute approximate surface area is 236 Å². The van der Waals surface area contributed by atoms with Crippen molar-refractivity contribution < 1.29 is 39.2 Å². The number of aliphatic hydroxyl groups is 3. The second-order valence-electron chi connectivity index (χ2n) is 9.66. The molecule has 0 spiro atoms. The molecule has 4 aromatic rings. The van der Waals surface area contributed by atoms with E-state index >= 15 is 0 Å². The zero-order valence-corrected chi connectivity index (χ0v) is 22.1. The van der Waals surface area contributed by atoms with Gasteiger partial charge in [0.2, 0.25) is 5.91 Å². The number of nitrogens with one attached hydrogen (secondary N) is 4. The Bertz CT molecular complexity index is 1700. The maximum absolute atomic E-state index is 14.4. The minimum absolute atomic E-state index is 0.0331. The van der Waals surface area contributed by atoms with Gasteiger partial charge in [0.1, 0.15) is 23.2 Å². The number of carbonyl (C=O) groups is 3. The number of hydrogen-bond acceptors (Lipinski definition) is 9. The minimum Gasteiger partial charge on any atom is -0.480 e. The number of carbonyl (C=O) groups excluding carboxylic acids is 2. The lowest BCUT2D eigenvalue weighted by atomic mass is 10.1. The van der Waals surface area contributed by atoms with Crippen LogP contribution in [0.25, 0.3) is 33.3 Å². The van der Waals surface area contributed by atoms with Crippen molar-refractivity contribution in [3.63, 3.8) is 0 Å². The van der Waals surface area contributed by atoms with Crippen LogP contribution in [0, 0.1) is 5.82 Å². The summed E-state index contributed by atoms with van der Waals surface area (Å²) in [5, 5.41) is 42.7. The van der Waals surface area contributed by atoms with Gasteiger partial charge in [0.05, 0.1) is 52.9 Å². The monoisotopic (exact) mass is 584 g/mol. The minimum atomic E-state index is -1.50. The summed E-state index contributed by atoms with van der Waals surface area (Å²) in [5.41, 5.74) is 6.79. The molecule has 15 heteroatoms. The average Bonchev–Trinajstić information content (AvgIpc) is 3.33. The van der Waals surface area contributed by atoms with Crippen molar-refractivity contribution in [1.29, 1.82) is 0 Å². The van der Waals surface area contributed by atoms with Crippen molar-refractivity contribution in [2.75, 3.05) is 18.9 Å². The number of aliphatic hydroxyl groups excluding tert-OH is 3. The van der Waals surface area contributed by atoms with Gasteiger partial charge in [-0.15, -0.1) is 0 Å². The van der Waals surface area contributed by atoms with E-state index in [-0.39, 0.29) is 52.9 Å². The van der Waals surface area contributed by atoms with Gasteiger partial charge in [-0.1, -0.05) is 6.07 Å². The maximum atomic E-state index is 14.4. The van der Waals surface area contributed by atoms with Crippen molar-refractivity contribution in [2.45, 2.75) is 37.5 Å². The van der Waals surface area contributed by atoms with Crippen LogP contribution < -0.4 is 21.9 Å². The van der Waals surface area contributed by atoms with Crippen molar-refractivity contribution in [3.8, 4) is 11.4 Å². The lowest BCUT2D eigenvalue weighted by Gasteiger charge is -2.17. The second kappa shape index (κ2) is 12.8. The number of aliphatic carboxylic acids is 1. The molecule has 42 heavy (non-hydrogen) atoms. The Balaban J connectivity index is 1.35. The number of aromatic nitrogens is 3. The Morgan fingerprint density at radius 3 is 2.55 bits per heavy atom. The van der Waals surface area contributed by atoms with Crippen LogP contribution in [0.15, 0.2) is 41.2 Å². The van der Waals surface area contributed by atoms with Gasteiger partial charge in [-0.05, 0) is 43.2 Å². The smallest absolute Gasteiger partial charge is 0.328 e. The number of nitrogens with zero attached hydrogens (tertiary/aromatic N) is 1. The third-order valence-electron chi connectivity index (χ3n) is 6.55. The van der Waals surface area contributed by atoms with E-state index < -0.39 is 60.4 Å². The van der Waals surface area contributed by atoms with Gasteiger partial charge in [0.15, 0.2) is 0 Å². The summed E-state index contributed by atoms with van der Waals surface area (Å²) in [4.78, 5) is 58.0. The predicted octanol–water partition coefficient (Wildman–Crippen LogP) is -0.0237. The summed E-state index contributed by atoms with van der Waals surface area (Å²) >= 11 is 0. The summed E-state index contributed by atoms with van der Waals surface area (Å²) in [6.45, 7) is -0.778. The molecular weight excluding hydrogens is 555 g/mol. The van der Waals surface area contributed by atoms with Gasteiger partial charge in [0, 0.05) is 12.1 Å². The number of pyridine rings is 1. The number of hydrogen-bond donors (Lipinski definition) is 9. The molecule has 0 bridgehead atoms. The molecule has 2 heterocycles. The van der Waals surface area contributed by atoms with Gasteiger partial charge in [-0.2, -0.15) is 0 Å². The van der Waals surface area contributed by atoms with Crippen LogP contribution >= 0.6 is 0 Å². The molecule has 4 rings (SSSR count). The number of benzene rings is 2. The molecule has 14 nitrogen and oxygen atoms in total. The average molecular weight is 585 g/mol. The highest BCUT2D eigenvalue weighted by molar-refractivity contribution is 6.00. The lowest BCUT2D eigenvalue weighted by Crippen LogP contribution is -2.44. The fraction of sp³-hybridized carbons (Fsp3) is 0.296. The summed E-state index contributed by atoms with van der Waals surface area (Å²) < 4.78 is 14.4. The van der Waals surface area contributed by atoms with Crippen LogP contribution in [0.4, 0.5) is 10.1 Å². The Morgan fingerprint density at radius 1 is 1.07 bits per heavy atom. The number of nitrogen functional groups attached to an aromatic ring is 1. The first-order valence-corrected chi connectivity index (χ1v) is 12.9. The third-order valence-corrected chi connectivity index (χ3v) is 6.55. The molecule has 0 saturated heterocycles. The van der Waals surface area contributed by atoms with E-state index in [2.05, 4.69) is 25.6 Å². The van der Waals surface area contributed by atoms with Crippen molar-refractivity contribution in [2.24, 2.45) is 0 Å². The van der Waals surface area contributed by atoms with Gasteiger partial charge < -0.3 is 46.8 Å². The number of carboxylic acids is 1. The first-order chi connectivity index (χ1) is 20.0. The number of imidazole rings is 1. The zero-order chi connectivity index (χ0) is 30.6. The van der Waals surface area contributed by atoms with Crippen LogP contribution in [0.3, 0.4) is 0 Å². The van der Waals surface area contributed by atoms with Gasteiger partial charge in [-0.25, -0.2) is 14.2 Å². The molecule has 0 saturated carbocycles. The van der Waals surface area contributed by atoms with Gasteiger partial charge in [-0.3, -0.25) is 14.4 Å². The normalized spacial score (nSPS) is 13.5. The summed E-state index contributed by atoms with van der Waals surface area (Å²) in [5.74, 6) is -3.22. The molecular formula is C27H29FN6O8. The zero-order valence-electron chi connectivity index (χ0n) is 22.1. The maximum Gasteiger partial charge on any atom is 0.328 e. The number of H-pyrrole nitrogens is 2. The molecule has 10 N–H and O–H groups in total. The van der Waals surface area contributed by atoms with E-state index in [1.165, 1.54) is 30.3 Å². The largest absolute Gasteiger partial charge is 0.480 e. The molecule has 0 aliphatic carbocycles. The topological polar surface area (TPSA) is 244 Å². The van der Waals surface area contributed by atoms with Crippen molar-refractivity contribution >= 4 is 45.4 Å². The summed E-state index contributed by atoms with van der Waals surface area (Å²) in [6, 6.07) is 7.27. The van der Waals surface area contributed by atoms with E-state index in [9.17, 15) is 33.8 Å². The highest BCUT2D eigenvalue weighted by atomic mass is 19.1.